The Balaban J connectivity index is 3.35. The first kappa shape index (κ1) is 20.2. The molecule has 0 aliphatic heterocycles. The zero-order valence-electron chi connectivity index (χ0n) is 16.0. The van der Waals surface area contributed by atoms with E-state index in [1.165, 1.54) is 0 Å². The fraction of sp³-hybridized carbons (Fsp3) is 0.824. The Kier molecular flexibility index (Phi) is 6.44. The van der Waals surface area contributed by atoms with Crippen LogP contribution in [-0.4, -0.2) is 35.6 Å². The lowest BCUT2D eigenvalue weighted by Gasteiger charge is -2.25. The fourth-order valence-electron chi connectivity index (χ4n) is 3.02. The topological polar surface area (TPSA) is 55.2 Å². The summed E-state index contributed by atoms with van der Waals surface area (Å²) in [6, 6.07) is 0. The van der Waals surface area contributed by atoms with Gasteiger partial charge in [-0.3, -0.25) is 4.68 Å². The standard InChI is InChI=1S/C17H33N3O2S/c1-9-15(10-2)12-19(11-3)23(21,22)16-13(4)18-20(14(16)5)17(6,7)8/h15H,9-12H2,1-8H3. The number of nitrogens with zero attached hydrogens (tertiary/aromatic N) is 3. The number of hydrogen-bond acceptors (Lipinski definition) is 3. The second-order valence-corrected chi connectivity index (χ2v) is 9.10. The third kappa shape index (κ3) is 4.15. The molecule has 0 N–H and O–H groups in total. The van der Waals surface area contributed by atoms with Gasteiger partial charge in [0.15, 0.2) is 0 Å². The first-order chi connectivity index (χ1) is 10.5. The lowest BCUT2D eigenvalue weighted by molar-refractivity contribution is 0.337. The Morgan fingerprint density at radius 3 is 2.00 bits per heavy atom. The molecule has 5 nitrogen and oxygen atoms in total. The molecule has 0 spiro atoms. The van der Waals surface area contributed by atoms with Crippen LogP contribution >= 0.6 is 0 Å². The van der Waals surface area contributed by atoms with E-state index in [0.29, 0.717) is 29.6 Å². The largest absolute Gasteiger partial charge is 0.263 e. The van der Waals surface area contributed by atoms with Crippen molar-refractivity contribution in [2.75, 3.05) is 13.1 Å². The summed E-state index contributed by atoms with van der Waals surface area (Å²) in [7, 11) is -3.52. The van der Waals surface area contributed by atoms with Crippen LogP contribution in [0.5, 0.6) is 0 Å². The molecule has 0 aromatic carbocycles. The highest BCUT2D eigenvalue weighted by Crippen LogP contribution is 2.28. The smallest absolute Gasteiger partial charge is 0.246 e. The first-order valence-corrected chi connectivity index (χ1v) is 10.0. The van der Waals surface area contributed by atoms with Crippen molar-refractivity contribution in [1.29, 1.82) is 0 Å². The summed E-state index contributed by atoms with van der Waals surface area (Å²) in [4.78, 5) is 0.375. The fourth-order valence-corrected chi connectivity index (χ4v) is 4.90. The number of sulfonamides is 1. The van der Waals surface area contributed by atoms with Crippen molar-refractivity contribution in [2.45, 2.75) is 78.7 Å². The van der Waals surface area contributed by atoms with Gasteiger partial charge in [0, 0.05) is 13.1 Å². The maximum atomic E-state index is 13.2. The summed E-state index contributed by atoms with van der Waals surface area (Å²) in [5.74, 6) is 0.392. The van der Waals surface area contributed by atoms with Crippen LogP contribution < -0.4 is 0 Å². The second kappa shape index (κ2) is 7.34. The van der Waals surface area contributed by atoms with Gasteiger partial charge in [0.25, 0.3) is 0 Å². The molecule has 1 heterocycles. The predicted octanol–water partition coefficient (Wildman–Crippen LogP) is 3.70. The zero-order chi connectivity index (χ0) is 18.0. The summed E-state index contributed by atoms with van der Waals surface area (Å²) in [6.45, 7) is 16.9. The minimum Gasteiger partial charge on any atom is -0.263 e. The van der Waals surface area contributed by atoms with Crippen LogP contribution in [0.4, 0.5) is 0 Å². The molecule has 1 aromatic rings. The van der Waals surface area contributed by atoms with Crippen LogP contribution in [0, 0.1) is 19.8 Å². The predicted molar refractivity (Wildman–Crippen MR) is 95.2 cm³/mol. The lowest BCUT2D eigenvalue weighted by atomic mass is 10.0. The average Bonchev–Trinajstić information content (AvgIpc) is 2.75. The van der Waals surface area contributed by atoms with E-state index in [9.17, 15) is 8.42 Å². The normalized spacial score (nSPS) is 13.3. The molecule has 0 radical (unpaired) electrons. The molecule has 6 heteroatoms. The van der Waals surface area contributed by atoms with E-state index >= 15 is 0 Å². The third-order valence-corrected chi connectivity index (χ3v) is 6.62. The van der Waals surface area contributed by atoms with Gasteiger partial charge in [-0.05, 0) is 40.5 Å². The van der Waals surface area contributed by atoms with Gasteiger partial charge >= 0.3 is 0 Å². The van der Waals surface area contributed by atoms with Crippen molar-refractivity contribution >= 4 is 10.0 Å². The number of aromatic nitrogens is 2. The Hall–Kier alpha value is -0.880. The van der Waals surface area contributed by atoms with Crippen molar-refractivity contribution in [2.24, 2.45) is 5.92 Å². The van der Waals surface area contributed by atoms with Crippen molar-refractivity contribution in [1.82, 2.24) is 14.1 Å². The molecule has 0 bridgehead atoms. The van der Waals surface area contributed by atoms with E-state index in [2.05, 4.69) is 18.9 Å². The maximum Gasteiger partial charge on any atom is 0.246 e. The molecule has 0 atom stereocenters. The molecular formula is C17H33N3O2S. The molecule has 0 fully saturated rings. The molecule has 134 valence electrons. The summed E-state index contributed by atoms with van der Waals surface area (Å²) in [5.41, 5.74) is 1.06. The van der Waals surface area contributed by atoms with Gasteiger partial charge < -0.3 is 0 Å². The quantitative estimate of drug-likeness (QED) is 0.758. The van der Waals surface area contributed by atoms with Crippen molar-refractivity contribution in [3.63, 3.8) is 0 Å². The molecule has 1 rings (SSSR count). The summed E-state index contributed by atoms with van der Waals surface area (Å²) >= 11 is 0. The zero-order valence-corrected chi connectivity index (χ0v) is 16.8. The Morgan fingerprint density at radius 2 is 1.65 bits per heavy atom. The van der Waals surface area contributed by atoms with Gasteiger partial charge in [0.05, 0.1) is 16.9 Å². The van der Waals surface area contributed by atoms with Crippen molar-refractivity contribution < 1.29 is 8.42 Å². The molecular weight excluding hydrogens is 310 g/mol. The van der Waals surface area contributed by atoms with Crippen LogP contribution in [0.3, 0.4) is 0 Å². The third-order valence-electron chi connectivity index (χ3n) is 4.43. The van der Waals surface area contributed by atoms with E-state index in [1.807, 2.05) is 39.3 Å². The van der Waals surface area contributed by atoms with Crippen molar-refractivity contribution in [3.05, 3.63) is 11.4 Å². The molecule has 0 unspecified atom stereocenters. The van der Waals surface area contributed by atoms with E-state index in [4.69, 9.17) is 0 Å². The highest BCUT2D eigenvalue weighted by Gasteiger charge is 2.33. The lowest BCUT2D eigenvalue weighted by Crippen LogP contribution is -2.35. The number of aryl methyl sites for hydroxylation is 1. The average molecular weight is 344 g/mol. The van der Waals surface area contributed by atoms with Crippen molar-refractivity contribution in [3.8, 4) is 0 Å². The highest BCUT2D eigenvalue weighted by molar-refractivity contribution is 7.89. The number of hydrogen-bond donors (Lipinski definition) is 0. The van der Waals surface area contributed by atoms with Gasteiger partial charge in [-0.2, -0.15) is 9.40 Å². The minimum absolute atomic E-state index is 0.241. The highest BCUT2D eigenvalue weighted by atomic mass is 32.2. The SMILES string of the molecule is CCC(CC)CN(CC)S(=O)(=O)c1c(C)nn(C(C)(C)C)c1C. The monoisotopic (exact) mass is 343 g/mol. The Morgan fingerprint density at radius 1 is 1.13 bits per heavy atom. The molecule has 23 heavy (non-hydrogen) atoms. The molecule has 0 amide bonds. The van der Waals surface area contributed by atoms with Crippen LogP contribution in [-0.2, 0) is 15.6 Å². The van der Waals surface area contributed by atoms with Crippen LogP contribution in [0.1, 0.15) is 65.8 Å². The van der Waals surface area contributed by atoms with Gasteiger partial charge in [-0.1, -0.05) is 33.6 Å². The van der Waals surface area contributed by atoms with Crippen LogP contribution in [0.2, 0.25) is 0 Å². The summed E-state index contributed by atoms with van der Waals surface area (Å²) < 4.78 is 29.8. The molecule has 0 aliphatic rings. The second-order valence-electron chi connectivity index (χ2n) is 7.22. The molecule has 1 aromatic heterocycles. The van der Waals surface area contributed by atoms with Gasteiger partial charge in [-0.25, -0.2) is 8.42 Å². The first-order valence-electron chi connectivity index (χ1n) is 8.57. The van der Waals surface area contributed by atoms with E-state index in [0.717, 1.165) is 18.5 Å². The Labute approximate surface area is 142 Å². The van der Waals surface area contributed by atoms with Crippen LogP contribution in [0.25, 0.3) is 0 Å². The van der Waals surface area contributed by atoms with Gasteiger partial charge in [0.1, 0.15) is 4.90 Å². The van der Waals surface area contributed by atoms with E-state index in [1.54, 1.807) is 11.2 Å². The van der Waals surface area contributed by atoms with E-state index in [-0.39, 0.29) is 5.54 Å². The Bertz CT molecular complexity index is 623. The minimum atomic E-state index is -3.52. The molecule has 0 saturated carbocycles. The maximum absolute atomic E-state index is 13.2. The summed E-state index contributed by atoms with van der Waals surface area (Å²) in [6.07, 6.45) is 1.98. The summed E-state index contributed by atoms with van der Waals surface area (Å²) in [5, 5.41) is 4.49. The van der Waals surface area contributed by atoms with E-state index < -0.39 is 10.0 Å². The number of rotatable bonds is 7. The van der Waals surface area contributed by atoms with Gasteiger partial charge in [0.2, 0.25) is 10.0 Å². The van der Waals surface area contributed by atoms with Crippen LogP contribution in [0.15, 0.2) is 4.90 Å². The van der Waals surface area contributed by atoms with Gasteiger partial charge in [-0.15, -0.1) is 0 Å². The molecule has 0 aliphatic carbocycles. The molecule has 0 saturated heterocycles.